The zero-order valence-corrected chi connectivity index (χ0v) is 7.28. The first-order chi connectivity index (χ1) is 5.16. The minimum absolute atomic E-state index is 0.258. The van der Waals surface area contributed by atoms with Crippen LogP contribution in [-0.4, -0.2) is 31.2 Å². The van der Waals surface area contributed by atoms with Crippen molar-refractivity contribution in [3.63, 3.8) is 0 Å². The molecule has 1 aliphatic rings. The van der Waals surface area contributed by atoms with E-state index in [9.17, 15) is 5.11 Å². The van der Waals surface area contributed by atoms with Gasteiger partial charge < -0.3 is 14.6 Å². The largest absolute Gasteiger partial charge is 0.388 e. The van der Waals surface area contributed by atoms with Crippen LogP contribution in [0.3, 0.4) is 0 Å². The Morgan fingerprint density at radius 2 is 2.09 bits per heavy atom. The Kier molecular flexibility index (Phi) is 2.87. The molecule has 0 saturated carbocycles. The zero-order valence-electron chi connectivity index (χ0n) is 7.28. The summed E-state index contributed by atoms with van der Waals surface area (Å²) >= 11 is 0. The van der Waals surface area contributed by atoms with Gasteiger partial charge in [-0.05, 0) is 11.8 Å². The molecule has 0 aliphatic carbocycles. The van der Waals surface area contributed by atoms with E-state index in [0.717, 1.165) is 0 Å². The number of rotatable bonds is 1. The molecule has 0 aromatic carbocycles. The van der Waals surface area contributed by atoms with Crippen molar-refractivity contribution >= 4 is 0 Å². The summed E-state index contributed by atoms with van der Waals surface area (Å²) in [6.45, 7) is 4.76. The number of methoxy groups -OCH3 is 1. The van der Waals surface area contributed by atoms with Gasteiger partial charge in [0.25, 0.3) is 0 Å². The number of hydrogen-bond donors (Lipinski definition) is 1. The third-order valence-electron chi connectivity index (χ3n) is 2.47. The highest BCUT2D eigenvalue weighted by Gasteiger charge is 2.34. The van der Waals surface area contributed by atoms with Crippen LogP contribution in [0.4, 0.5) is 0 Å². The molecule has 1 aliphatic heterocycles. The Morgan fingerprint density at radius 1 is 1.45 bits per heavy atom. The molecule has 11 heavy (non-hydrogen) atoms. The first-order valence-electron chi connectivity index (χ1n) is 3.99. The maximum absolute atomic E-state index is 9.56. The van der Waals surface area contributed by atoms with Crippen LogP contribution in [0.25, 0.3) is 0 Å². The van der Waals surface area contributed by atoms with Crippen LogP contribution in [0.1, 0.15) is 13.8 Å². The topological polar surface area (TPSA) is 38.7 Å². The number of aliphatic hydroxyl groups excluding tert-OH is 1. The number of aliphatic hydroxyl groups is 1. The van der Waals surface area contributed by atoms with Crippen LogP contribution in [0.15, 0.2) is 0 Å². The summed E-state index contributed by atoms with van der Waals surface area (Å²) in [5, 5.41) is 9.56. The van der Waals surface area contributed by atoms with E-state index in [1.54, 1.807) is 7.11 Å². The Bertz CT molecular complexity index is 125. The second-order valence-electron chi connectivity index (χ2n) is 3.26. The monoisotopic (exact) mass is 160 g/mol. The van der Waals surface area contributed by atoms with Gasteiger partial charge in [0.1, 0.15) is 6.10 Å². The van der Waals surface area contributed by atoms with Gasteiger partial charge in [-0.25, -0.2) is 0 Å². The van der Waals surface area contributed by atoms with Gasteiger partial charge in [-0.1, -0.05) is 13.8 Å². The molecule has 1 saturated heterocycles. The van der Waals surface area contributed by atoms with Crippen molar-refractivity contribution in [1.29, 1.82) is 0 Å². The second-order valence-corrected chi connectivity index (χ2v) is 3.26. The fourth-order valence-corrected chi connectivity index (χ4v) is 1.29. The van der Waals surface area contributed by atoms with Crippen molar-refractivity contribution in [3.8, 4) is 0 Å². The molecule has 3 nitrogen and oxygen atoms in total. The Hall–Kier alpha value is -0.120. The van der Waals surface area contributed by atoms with Gasteiger partial charge in [0.15, 0.2) is 6.29 Å². The normalized spacial score (nSPS) is 45.8. The van der Waals surface area contributed by atoms with E-state index < -0.39 is 12.4 Å². The van der Waals surface area contributed by atoms with E-state index in [4.69, 9.17) is 9.47 Å². The molecule has 0 aromatic rings. The maximum atomic E-state index is 9.56. The summed E-state index contributed by atoms with van der Waals surface area (Å²) in [5.41, 5.74) is 0. The molecule has 3 heteroatoms. The van der Waals surface area contributed by atoms with Gasteiger partial charge in [-0.2, -0.15) is 0 Å². The number of hydrogen-bond acceptors (Lipinski definition) is 3. The van der Waals surface area contributed by atoms with E-state index in [1.165, 1.54) is 0 Å². The fourth-order valence-electron chi connectivity index (χ4n) is 1.29. The van der Waals surface area contributed by atoms with Gasteiger partial charge in [0.05, 0.1) is 6.61 Å². The van der Waals surface area contributed by atoms with Gasteiger partial charge in [-0.15, -0.1) is 0 Å². The van der Waals surface area contributed by atoms with E-state index >= 15 is 0 Å². The molecule has 1 fully saturated rings. The van der Waals surface area contributed by atoms with E-state index in [1.807, 2.05) is 6.92 Å². The van der Waals surface area contributed by atoms with Crippen LogP contribution in [0, 0.1) is 11.8 Å². The lowest BCUT2D eigenvalue weighted by Gasteiger charge is -2.36. The minimum atomic E-state index is -0.483. The van der Waals surface area contributed by atoms with Crippen molar-refractivity contribution in [3.05, 3.63) is 0 Å². The van der Waals surface area contributed by atoms with Crippen LogP contribution < -0.4 is 0 Å². The summed E-state index contributed by atoms with van der Waals surface area (Å²) in [4.78, 5) is 0. The summed E-state index contributed by atoms with van der Waals surface area (Å²) < 4.78 is 10.2. The lowest BCUT2D eigenvalue weighted by atomic mass is 9.89. The van der Waals surface area contributed by atoms with Gasteiger partial charge in [0, 0.05) is 7.11 Å². The molecule has 0 radical (unpaired) electrons. The molecule has 0 spiro atoms. The second kappa shape index (κ2) is 3.52. The summed E-state index contributed by atoms with van der Waals surface area (Å²) in [5.74, 6) is 0.671. The molecule has 1 rings (SSSR count). The van der Waals surface area contributed by atoms with Crippen molar-refractivity contribution in [2.45, 2.75) is 26.2 Å². The van der Waals surface area contributed by atoms with Crippen molar-refractivity contribution in [2.75, 3.05) is 13.7 Å². The predicted molar refractivity (Wildman–Crippen MR) is 41.1 cm³/mol. The molecule has 1 N–H and O–H groups in total. The summed E-state index contributed by atoms with van der Waals surface area (Å²) in [6.07, 6.45) is -0.912. The highest BCUT2D eigenvalue weighted by atomic mass is 16.7. The molecule has 0 aromatic heterocycles. The quantitative estimate of drug-likeness (QED) is 0.611. The molecule has 0 amide bonds. The van der Waals surface area contributed by atoms with Crippen LogP contribution in [-0.2, 0) is 9.47 Å². The van der Waals surface area contributed by atoms with Gasteiger partial charge >= 0.3 is 0 Å². The Balaban J connectivity index is 2.52. The van der Waals surface area contributed by atoms with Crippen molar-refractivity contribution in [1.82, 2.24) is 0 Å². The highest BCUT2D eigenvalue weighted by Crippen LogP contribution is 2.25. The van der Waals surface area contributed by atoms with E-state index in [-0.39, 0.29) is 5.92 Å². The first-order valence-corrected chi connectivity index (χ1v) is 3.99. The lowest BCUT2D eigenvalue weighted by molar-refractivity contribution is -0.231. The van der Waals surface area contributed by atoms with Gasteiger partial charge in [0.2, 0.25) is 0 Å². The standard InChI is InChI=1S/C8H16O3/c1-5-4-11-8(10-3)7(9)6(5)2/h5-9H,4H2,1-3H3/t5-,6?,7+,8+/m1/s1. The lowest BCUT2D eigenvalue weighted by Crippen LogP contribution is -2.45. The SMILES string of the molecule is CO[C@H]1OC[C@@H](C)C(C)[C@@H]1O. The smallest absolute Gasteiger partial charge is 0.183 e. The molecular weight excluding hydrogens is 144 g/mol. The van der Waals surface area contributed by atoms with Crippen LogP contribution >= 0.6 is 0 Å². The molecule has 1 unspecified atom stereocenters. The minimum Gasteiger partial charge on any atom is -0.388 e. The molecule has 1 heterocycles. The third-order valence-corrected chi connectivity index (χ3v) is 2.47. The molecule has 66 valence electrons. The predicted octanol–water partition coefficient (Wildman–Crippen LogP) is 0.622. The Morgan fingerprint density at radius 3 is 2.64 bits per heavy atom. The van der Waals surface area contributed by atoms with Gasteiger partial charge in [-0.3, -0.25) is 0 Å². The molecular formula is C8H16O3. The third kappa shape index (κ3) is 1.72. The van der Waals surface area contributed by atoms with Crippen LogP contribution in [0.5, 0.6) is 0 Å². The molecule has 0 bridgehead atoms. The average molecular weight is 160 g/mol. The van der Waals surface area contributed by atoms with Crippen molar-refractivity contribution in [2.24, 2.45) is 11.8 Å². The average Bonchev–Trinajstić information content (AvgIpc) is 2.01. The maximum Gasteiger partial charge on any atom is 0.183 e. The molecule has 4 atom stereocenters. The zero-order chi connectivity index (χ0) is 8.43. The van der Waals surface area contributed by atoms with E-state index in [2.05, 4.69) is 6.92 Å². The van der Waals surface area contributed by atoms with E-state index in [0.29, 0.717) is 12.5 Å². The summed E-state index contributed by atoms with van der Waals surface area (Å²) in [7, 11) is 1.55. The first kappa shape index (κ1) is 8.97. The highest BCUT2D eigenvalue weighted by molar-refractivity contribution is 4.77. The van der Waals surface area contributed by atoms with Crippen molar-refractivity contribution < 1.29 is 14.6 Å². The summed E-state index contributed by atoms with van der Waals surface area (Å²) in [6, 6.07) is 0. The fraction of sp³-hybridized carbons (Fsp3) is 1.00. The Labute approximate surface area is 67.3 Å². The number of ether oxygens (including phenoxy) is 2. The van der Waals surface area contributed by atoms with Crippen LogP contribution in [0.2, 0.25) is 0 Å².